The van der Waals surface area contributed by atoms with Gasteiger partial charge in [0.1, 0.15) is 5.60 Å². The Kier molecular flexibility index (Phi) is 6.07. The Balaban J connectivity index is 1.43. The van der Waals surface area contributed by atoms with E-state index in [0.717, 1.165) is 17.6 Å². The molecule has 168 valence electrons. The van der Waals surface area contributed by atoms with Crippen molar-refractivity contribution < 1.29 is 14.3 Å². The first kappa shape index (κ1) is 22.1. The number of nitrogens with zero attached hydrogens (tertiary/aromatic N) is 2. The van der Waals surface area contributed by atoms with Crippen molar-refractivity contribution >= 4 is 38.7 Å². The Hall–Kier alpha value is -3.12. The summed E-state index contributed by atoms with van der Waals surface area (Å²) < 4.78 is 13.1. The molecule has 6 heteroatoms. The van der Waals surface area contributed by atoms with Gasteiger partial charge in [0, 0.05) is 41.6 Å². The summed E-state index contributed by atoms with van der Waals surface area (Å²) in [5.41, 5.74) is 4.12. The molecular formula is C26H31N3O3. The monoisotopic (exact) mass is 433 g/mol. The molecule has 0 saturated heterocycles. The van der Waals surface area contributed by atoms with Gasteiger partial charge in [-0.05, 0) is 63.3 Å². The third-order valence-corrected chi connectivity index (χ3v) is 5.61. The van der Waals surface area contributed by atoms with Gasteiger partial charge in [-0.2, -0.15) is 0 Å². The Morgan fingerprint density at radius 3 is 2.59 bits per heavy atom. The number of para-hydroxylation sites is 1. The maximum Gasteiger partial charge on any atom is 0.407 e. The third kappa shape index (κ3) is 4.55. The van der Waals surface area contributed by atoms with Gasteiger partial charge >= 0.3 is 6.09 Å². The van der Waals surface area contributed by atoms with Crippen molar-refractivity contribution in [3.8, 4) is 0 Å². The van der Waals surface area contributed by atoms with Crippen LogP contribution >= 0.6 is 0 Å². The van der Waals surface area contributed by atoms with E-state index in [9.17, 15) is 4.79 Å². The van der Waals surface area contributed by atoms with Gasteiger partial charge in [-0.1, -0.05) is 18.2 Å². The Morgan fingerprint density at radius 1 is 1.03 bits per heavy atom. The highest BCUT2D eigenvalue weighted by Crippen LogP contribution is 2.36. The first-order valence-electron chi connectivity index (χ1n) is 11.1. The molecule has 2 aromatic heterocycles. The van der Waals surface area contributed by atoms with Crippen molar-refractivity contribution in [2.24, 2.45) is 0 Å². The second-order valence-corrected chi connectivity index (χ2v) is 9.15. The van der Waals surface area contributed by atoms with E-state index < -0.39 is 11.7 Å². The van der Waals surface area contributed by atoms with E-state index in [-0.39, 0.29) is 0 Å². The number of ether oxygens (including phenoxy) is 2. The lowest BCUT2D eigenvalue weighted by molar-refractivity contribution is 0.0497. The molecule has 2 aromatic carbocycles. The number of pyridine rings is 1. The Bertz CT molecular complexity index is 1280. The van der Waals surface area contributed by atoms with Crippen LogP contribution in [0.5, 0.6) is 0 Å². The maximum atomic E-state index is 11.7. The van der Waals surface area contributed by atoms with Gasteiger partial charge in [0.05, 0.1) is 24.2 Å². The van der Waals surface area contributed by atoms with Crippen LogP contribution in [0, 0.1) is 13.8 Å². The van der Waals surface area contributed by atoms with Gasteiger partial charge in [0.2, 0.25) is 0 Å². The topological polar surface area (TPSA) is 65.4 Å². The average Bonchev–Trinajstić information content (AvgIpc) is 3.13. The molecule has 0 fully saturated rings. The van der Waals surface area contributed by atoms with E-state index in [4.69, 9.17) is 14.5 Å². The molecule has 4 rings (SSSR count). The number of aryl methyl sites for hydroxylation is 2. The number of alkyl carbamates (subject to hydrolysis) is 1. The number of benzene rings is 2. The first-order chi connectivity index (χ1) is 15.2. The zero-order valence-corrected chi connectivity index (χ0v) is 19.5. The predicted molar refractivity (Wildman–Crippen MR) is 129 cm³/mol. The molecule has 0 saturated carbocycles. The summed E-state index contributed by atoms with van der Waals surface area (Å²) in [6.45, 7) is 12.0. The molecule has 1 N–H and O–H groups in total. The second-order valence-electron chi connectivity index (χ2n) is 9.15. The van der Waals surface area contributed by atoms with Crippen LogP contribution in [0.4, 0.5) is 4.79 Å². The minimum atomic E-state index is -0.496. The zero-order chi connectivity index (χ0) is 22.9. The van der Waals surface area contributed by atoms with Gasteiger partial charge in [0.15, 0.2) is 0 Å². The highest BCUT2D eigenvalue weighted by Gasteiger charge is 2.16. The van der Waals surface area contributed by atoms with Crippen LogP contribution in [-0.4, -0.2) is 41.0 Å². The molecule has 0 atom stereocenters. The maximum absolute atomic E-state index is 11.7. The zero-order valence-electron chi connectivity index (χ0n) is 19.5. The van der Waals surface area contributed by atoms with Crippen molar-refractivity contribution in [1.29, 1.82) is 0 Å². The van der Waals surface area contributed by atoms with E-state index in [1.807, 2.05) is 26.8 Å². The van der Waals surface area contributed by atoms with E-state index in [0.29, 0.717) is 19.8 Å². The molecule has 2 heterocycles. The summed E-state index contributed by atoms with van der Waals surface area (Å²) in [5.74, 6) is 0. The summed E-state index contributed by atoms with van der Waals surface area (Å²) in [5, 5.41) is 7.63. The third-order valence-electron chi connectivity index (χ3n) is 5.61. The lowest BCUT2D eigenvalue weighted by Gasteiger charge is -2.19. The predicted octanol–water partition coefficient (Wildman–Crippen LogP) is 5.50. The quantitative estimate of drug-likeness (QED) is 0.408. The molecule has 4 aromatic rings. The van der Waals surface area contributed by atoms with Gasteiger partial charge in [-0.25, -0.2) is 9.78 Å². The summed E-state index contributed by atoms with van der Waals surface area (Å²) >= 11 is 0. The summed E-state index contributed by atoms with van der Waals surface area (Å²) in [6, 6.07) is 10.5. The van der Waals surface area contributed by atoms with Crippen LogP contribution in [0.1, 0.15) is 31.9 Å². The van der Waals surface area contributed by atoms with E-state index in [1.165, 1.54) is 32.7 Å². The van der Waals surface area contributed by atoms with Crippen molar-refractivity contribution in [3.05, 3.63) is 53.9 Å². The van der Waals surface area contributed by atoms with Crippen molar-refractivity contribution in [1.82, 2.24) is 14.9 Å². The molecule has 0 aliphatic carbocycles. The Morgan fingerprint density at radius 2 is 1.81 bits per heavy atom. The molecular weight excluding hydrogens is 402 g/mol. The molecule has 6 nitrogen and oxygen atoms in total. The highest BCUT2D eigenvalue weighted by molar-refractivity contribution is 6.16. The number of carbonyl (C=O) groups is 1. The SMILES string of the molecule is Cc1c2ccn(CCOCCNC(=O)OC(C)(C)C)cc2c(C)c2c1nc1ccccc12. The summed E-state index contributed by atoms with van der Waals surface area (Å²) in [6.07, 6.45) is 3.86. The van der Waals surface area contributed by atoms with Crippen LogP contribution in [0.25, 0.3) is 32.6 Å². The van der Waals surface area contributed by atoms with Crippen molar-refractivity contribution in [2.45, 2.75) is 46.8 Å². The molecule has 0 aliphatic rings. The molecule has 0 spiro atoms. The highest BCUT2D eigenvalue weighted by atomic mass is 16.6. The van der Waals surface area contributed by atoms with Crippen LogP contribution in [0.3, 0.4) is 0 Å². The largest absolute Gasteiger partial charge is 0.444 e. The molecule has 1 amide bonds. The van der Waals surface area contributed by atoms with Crippen LogP contribution in [0.2, 0.25) is 0 Å². The van der Waals surface area contributed by atoms with Gasteiger partial charge in [-0.3, -0.25) is 0 Å². The lowest BCUT2D eigenvalue weighted by Crippen LogP contribution is -2.34. The average molecular weight is 434 g/mol. The molecule has 32 heavy (non-hydrogen) atoms. The van der Waals surface area contributed by atoms with Crippen molar-refractivity contribution in [3.63, 3.8) is 0 Å². The molecule has 0 aliphatic heterocycles. The number of fused-ring (bicyclic) bond motifs is 4. The standard InChI is InChI=1S/C26H31N3O3/c1-17-21-16-29(13-15-31-14-11-27-25(30)32-26(3,4)5)12-10-19(21)18(2)24-23(17)20-8-6-7-9-22(20)28-24/h6-10,12,16H,11,13-15H2,1-5H3,(H,27,30). The minimum Gasteiger partial charge on any atom is -0.444 e. The summed E-state index contributed by atoms with van der Waals surface area (Å²) in [7, 11) is 0. The molecule has 0 unspecified atom stereocenters. The Labute approximate surface area is 188 Å². The number of rotatable bonds is 6. The number of amides is 1. The van der Waals surface area contributed by atoms with Gasteiger partial charge in [0.25, 0.3) is 0 Å². The van der Waals surface area contributed by atoms with Crippen LogP contribution < -0.4 is 5.32 Å². The number of aromatic nitrogens is 2. The fourth-order valence-electron chi connectivity index (χ4n) is 4.11. The van der Waals surface area contributed by atoms with E-state index in [2.05, 4.69) is 60.4 Å². The lowest BCUT2D eigenvalue weighted by atomic mass is 9.97. The number of hydrogen-bond donors (Lipinski definition) is 1. The van der Waals surface area contributed by atoms with Crippen LogP contribution in [-0.2, 0) is 16.0 Å². The minimum absolute atomic E-state index is 0.420. The number of carbonyl (C=O) groups excluding carboxylic acids is 1. The van der Waals surface area contributed by atoms with Gasteiger partial charge < -0.3 is 19.4 Å². The smallest absolute Gasteiger partial charge is 0.407 e. The van der Waals surface area contributed by atoms with Gasteiger partial charge in [-0.15, -0.1) is 0 Å². The van der Waals surface area contributed by atoms with Crippen LogP contribution in [0.15, 0.2) is 42.7 Å². The number of nitrogens with one attached hydrogen (secondary N) is 1. The number of hydrogen-bond acceptors (Lipinski definition) is 4. The normalized spacial score (nSPS) is 12.0. The molecule has 0 bridgehead atoms. The second kappa shape index (κ2) is 8.79. The first-order valence-corrected chi connectivity index (χ1v) is 11.1. The molecule has 0 radical (unpaired) electrons. The summed E-state index contributed by atoms with van der Waals surface area (Å²) in [4.78, 5) is 16.5. The van der Waals surface area contributed by atoms with E-state index in [1.54, 1.807) is 0 Å². The fourth-order valence-corrected chi connectivity index (χ4v) is 4.11. The van der Waals surface area contributed by atoms with E-state index >= 15 is 0 Å². The fraction of sp³-hybridized carbons (Fsp3) is 0.385. The van der Waals surface area contributed by atoms with Crippen molar-refractivity contribution in [2.75, 3.05) is 19.8 Å².